The van der Waals surface area contributed by atoms with Crippen molar-refractivity contribution in [3.63, 3.8) is 0 Å². The Labute approximate surface area is 141 Å². The molecule has 0 aliphatic rings. The maximum absolute atomic E-state index is 12.6. The van der Waals surface area contributed by atoms with Crippen LogP contribution in [0.1, 0.15) is 31.1 Å². The monoisotopic (exact) mass is 357 g/mol. The van der Waals surface area contributed by atoms with Crippen LogP contribution in [-0.2, 0) is 17.1 Å². The van der Waals surface area contributed by atoms with E-state index in [0.717, 1.165) is 11.3 Å². The minimum absolute atomic E-state index is 0.0134. The summed E-state index contributed by atoms with van der Waals surface area (Å²) in [6.45, 7) is 5.87. The topological polar surface area (TPSA) is 73.2 Å². The second-order valence-corrected chi connectivity index (χ2v) is 7.18. The lowest BCUT2D eigenvalue weighted by atomic mass is 10.1. The van der Waals surface area contributed by atoms with Crippen molar-refractivity contribution in [2.75, 3.05) is 6.61 Å². The van der Waals surface area contributed by atoms with Crippen molar-refractivity contribution >= 4 is 21.6 Å². The van der Waals surface area contributed by atoms with E-state index in [1.807, 2.05) is 31.2 Å². The van der Waals surface area contributed by atoms with Crippen molar-refractivity contribution in [3.8, 4) is 5.75 Å². The Morgan fingerprint density at radius 2 is 1.96 bits per heavy atom. The molecule has 23 heavy (non-hydrogen) atoms. The molecule has 1 atom stereocenters. The predicted octanol–water partition coefficient (Wildman–Crippen LogP) is 2.82. The lowest BCUT2D eigenvalue weighted by molar-refractivity contribution is 0.340. The van der Waals surface area contributed by atoms with Gasteiger partial charge in [-0.1, -0.05) is 23.7 Å². The molecule has 126 valence electrons. The van der Waals surface area contributed by atoms with Crippen LogP contribution < -0.4 is 9.46 Å². The summed E-state index contributed by atoms with van der Waals surface area (Å²) < 4.78 is 34.5. The molecule has 0 saturated carbocycles. The van der Waals surface area contributed by atoms with Gasteiger partial charge < -0.3 is 4.74 Å². The Balaban J connectivity index is 2.22. The van der Waals surface area contributed by atoms with Gasteiger partial charge in [-0.25, -0.2) is 13.1 Å². The molecule has 0 aliphatic heterocycles. The van der Waals surface area contributed by atoms with Crippen LogP contribution in [0.3, 0.4) is 0 Å². The molecule has 0 aliphatic carbocycles. The molecule has 1 aromatic heterocycles. The average Bonchev–Trinajstić information content (AvgIpc) is 2.73. The summed E-state index contributed by atoms with van der Waals surface area (Å²) >= 11 is 6.05. The number of benzene rings is 1. The van der Waals surface area contributed by atoms with Gasteiger partial charge in [0.2, 0.25) is 10.0 Å². The van der Waals surface area contributed by atoms with E-state index in [4.69, 9.17) is 16.3 Å². The highest BCUT2D eigenvalue weighted by Gasteiger charge is 2.27. The summed E-state index contributed by atoms with van der Waals surface area (Å²) in [6, 6.07) is 6.87. The number of sulfonamides is 1. The zero-order valence-electron chi connectivity index (χ0n) is 13.5. The van der Waals surface area contributed by atoms with Gasteiger partial charge in [-0.15, -0.1) is 0 Å². The standard InChI is InChI=1S/C15H20ClN3O3S/c1-5-22-13-8-6-12(7-9-13)10(2)18-23(20,21)14-11(3)17-19(4)15(14)16/h6-10,18H,5H2,1-4H3. The number of nitrogens with one attached hydrogen (secondary N) is 1. The number of ether oxygens (including phenoxy) is 1. The maximum Gasteiger partial charge on any atom is 0.246 e. The highest BCUT2D eigenvalue weighted by molar-refractivity contribution is 7.89. The molecule has 0 radical (unpaired) electrons. The van der Waals surface area contributed by atoms with Gasteiger partial charge >= 0.3 is 0 Å². The Kier molecular flexibility index (Phi) is 5.33. The maximum atomic E-state index is 12.6. The summed E-state index contributed by atoms with van der Waals surface area (Å²) in [5.74, 6) is 0.748. The molecule has 1 heterocycles. The number of aromatic nitrogens is 2. The highest BCUT2D eigenvalue weighted by Crippen LogP contribution is 2.26. The fourth-order valence-electron chi connectivity index (χ4n) is 2.29. The average molecular weight is 358 g/mol. The van der Waals surface area contributed by atoms with Crippen molar-refractivity contribution < 1.29 is 13.2 Å². The third-order valence-corrected chi connectivity index (χ3v) is 5.63. The van der Waals surface area contributed by atoms with Crippen molar-refractivity contribution in [3.05, 3.63) is 40.7 Å². The largest absolute Gasteiger partial charge is 0.494 e. The zero-order chi connectivity index (χ0) is 17.2. The third-order valence-electron chi connectivity index (χ3n) is 3.39. The third kappa shape index (κ3) is 3.85. The van der Waals surface area contributed by atoms with Gasteiger partial charge in [-0.2, -0.15) is 5.10 Å². The fraction of sp³-hybridized carbons (Fsp3) is 0.400. The van der Waals surface area contributed by atoms with Crippen molar-refractivity contribution in [1.29, 1.82) is 0 Å². The second kappa shape index (κ2) is 6.90. The number of rotatable bonds is 6. The molecular weight excluding hydrogens is 338 g/mol. The fourth-order valence-corrected chi connectivity index (χ4v) is 4.28. The van der Waals surface area contributed by atoms with Crippen LogP contribution in [0.15, 0.2) is 29.2 Å². The first-order valence-electron chi connectivity index (χ1n) is 7.20. The van der Waals surface area contributed by atoms with Crippen molar-refractivity contribution in [2.24, 2.45) is 7.05 Å². The smallest absolute Gasteiger partial charge is 0.246 e. The van der Waals surface area contributed by atoms with Crippen LogP contribution in [0.5, 0.6) is 5.75 Å². The molecule has 2 aromatic rings. The predicted molar refractivity (Wildman–Crippen MR) is 89.3 cm³/mol. The number of hydrogen-bond donors (Lipinski definition) is 1. The molecule has 8 heteroatoms. The van der Waals surface area contributed by atoms with E-state index in [-0.39, 0.29) is 10.0 Å². The minimum Gasteiger partial charge on any atom is -0.494 e. The quantitative estimate of drug-likeness (QED) is 0.862. The van der Waals surface area contributed by atoms with Gasteiger partial charge in [0.15, 0.2) is 0 Å². The van der Waals surface area contributed by atoms with Gasteiger partial charge in [0.1, 0.15) is 15.8 Å². The lowest BCUT2D eigenvalue weighted by Gasteiger charge is -2.15. The lowest BCUT2D eigenvalue weighted by Crippen LogP contribution is -2.27. The Morgan fingerprint density at radius 1 is 1.35 bits per heavy atom. The number of nitrogens with zero attached hydrogens (tertiary/aromatic N) is 2. The van der Waals surface area contributed by atoms with Gasteiger partial charge in [0.05, 0.1) is 12.3 Å². The van der Waals surface area contributed by atoms with Crippen LogP contribution in [0.4, 0.5) is 0 Å². The Bertz CT molecular complexity index is 785. The molecule has 1 unspecified atom stereocenters. The first-order valence-corrected chi connectivity index (χ1v) is 9.06. The Hall–Kier alpha value is -1.57. The van der Waals surface area contributed by atoms with E-state index in [9.17, 15) is 8.42 Å². The van der Waals surface area contributed by atoms with Crippen molar-refractivity contribution in [2.45, 2.75) is 31.7 Å². The van der Waals surface area contributed by atoms with Gasteiger partial charge in [0, 0.05) is 13.1 Å². The van der Waals surface area contributed by atoms with Crippen LogP contribution >= 0.6 is 11.6 Å². The first-order chi connectivity index (χ1) is 10.8. The summed E-state index contributed by atoms with van der Waals surface area (Å²) in [6.07, 6.45) is 0. The molecule has 1 N–H and O–H groups in total. The van der Waals surface area contributed by atoms with E-state index < -0.39 is 16.1 Å². The first kappa shape index (κ1) is 17.8. The normalized spacial score (nSPS) is 13.1. The molecule has 0 spiro atoms. The highest BCUT2D eigenvalue weighted by atomic mass is 35.5. The van der Waals surface area contributed by atoms with E-state index in [2.05, 4.69) is 9.82 Å². The van der Waals surface area contributed by atoms with Crippen LogP contribution in [0.25, 0.3) is 0 Å². The molecule has 1 aromatic carbocycles. The van der Waals surface area contributed by atoms with Crippen LogP contribution in [0.2, 0.25) is 5.15 Å². The molecule has 0 saturated heterocycles. The molecule has 0 amide bonds. The molecule has 2 rings (SSSR count). The van der Waals surface area contributed by atoms with Crippen LogP contribution in [0, 0.1) is 6.92 Å². The second-order valence-electron chi connectivity index (χ2n) is 5.17. The molecule has 6 nitrogen and oxygen atoms in total. The summed E-state index contributed by atoms with van der Waals surface area (Å²) in [5, 5.41) is 4.13. The molecular formula is C15H20ClN3O3S. The number of aryl methyl sites for hydroxylation is 2. The summed E-state index contributed by atoms with van der Waals surface area (Å²) in [5.41, 5.74) is 1.19. The van der Waals surface area contributed by atoms with Gasteiger partial charge in [-0.05, 0) is 38.5 Å². The number of halogens is 1. The molecule has 0 fully saturated rings. The summed E-state index contributed by atoms with van der Waals surface area (Å²) in [4.78, 5) is 0.0134. The summed E-state index contributed by atoms with van der Waals surface area (Å²) in [7, 11) is -2.16. The van der Waals surface area contributed by atoms with Gasteiger partial charge in [-0.3, -0.25) is 4.68 Å². The van der Waals surface area contributed by atoms with Crippen molar-refractivity contribution in [1.82, 2.24) is 14.5 Å². The Morgan fingerprint density at radius 3 is 2.43 bits per heavy atom. The van der Waals surface area contributed by atoms with E-state index in [0.29, 0.717) is 12.3 Å². The van der Waals surface area contributed by atoms with Gasteiger partial charge in [0.25, 0.3) is 0 Å². The van der Waals surface area contributed by atoms with Crippen LogP contribution in [-0.4, -0.2) is 24.8 Å². The molecule has 0 bridgehead atoms. The van der Waals surface area contributed by atoms with E-state index >= 15 is 0 Å². The number of hydrogen-bond acceptors (Lipinski definition) is 4. The SMILES string of the molecule is CCOc1ccc(C(C)NS(=O)(=O)c2c(C)nn(C)c2Cl)cc1. The zero-order valence-corrected chi connectivity index (χ0v) is 15.1. The van der Waals surface area contributed by atoms with E-state index in [1.54, 1.807) is 20.9 Å². The minimum atomic E-state index is -3.77. The van der Waals surface area contributed by atoms with E-state index in [1.165, 1.54) is 4.68 Å².